The first kappa shape index (κ1) is 11.7. The highest BCUT2D eigenvalue weighted by atomic mass is 16.5. The van der Waals surface area contributed by atoms with E-state index in [0.29, 0.717) is 23.1 Å². The van der Waals surface area contributed by atoms with Crippen molar-refractivity contribution in [1.82, 2.24) is 4.98 Å². The molecule has 0 saturated carbocycles. The number of ether oxygens (including phenoxy) is 2. The lowest BCUT2D eigenvalue weighted by atomic mass is 10.3. The van der Waals surface area contributed by atoms with E-state index >= 15 is 0 Å². The zero-order chi connectivity index (χ0) is 13.0. The van der Waals surface area contributed by atoms with Crippen LogP contribution >= 0.6 is 0 Å². The quantitative estimate of drug-likeness (QED) is 0.834. The highest BCUT2D eigenvalue weighted by molar-refractivity contribution is 5.53. The third kappa shape index (κ3) is 2.50. The second-order valence-electron chi connectivity index (χ2n) is 3.49. The molecule has 18 heavy (non-hydrogen) atoms. The van der Waals surface area contributed by atoms with Gasteiger partial charge in [0.1, 0.15) is 11.8 Å². The van der Waals surface area contributed by atoms with Gasteiger partial charge in [0.25, 0.3) is 0 Å². The second kappa shape index (κ2) is 5.06. The minimum absolute atomic E-state index is 0.287. The highest BCUT2D eigenvalue weighted by Gasteiger charge is 2.07. The summed E-state index contributed by atoms with van der Waals surface area (Å²) in [6, 6.07) is 12.0. The maximum absolute atomic E-state index is 8.76. The molecular weight excluding hydrogens is 230 g/mol. The molecule has 0 aliphatic carbocycles. The molecule has 1 aromatic heterocycles. The van der Waals surface area contributed by atoms with E-state index in [9.17, 15) is 0 Å². The van der Waals surface area contributed by atoms with Crippen LogP contribution in [0.15, 0.2) is 36.4 Å². The molecule has 2 rings (SSSR count). The van der Waals surface area contributed by atoms with Gasteiger partial charge >= 0.3 is 0 Å². The lowest BCUT2D eigenvalue weighted by Gasteiger charge is -2.10. The van der Waals surface area contributed by atoms with Gasteiger partial charge in [-0.1, -0.05) is 6.07 Å². The van der Waals surface area contributed by atoms with Crippen LogP contribution in [0.1, 0.15) is 5.69 Å². The summed E-state index contributed by atoms with van der Waals surface area (Å²) in [6.45, 7) is 0. The standard InChI is InChI=1S/C13H11N3O2/c1-17-11-6-5-9(15)7-12(11)18-13-4-2-3-10(8-14)16-13/h2-7H,15H2,1H3. The molecule has 0 unspecified atom stereocenters. The van der Waals surface area contributed by atoms with Gasteiger partial charge in [-0.25, -0.2) is 4.98 Å². The Labute approximate surface area is 104 Å². The highest BCUT2D eigenvalue weighted by Crippen LogP contribution is 2.32. The average Bonchev–Trinajstić information content (AvgIpc) is 2.39. The van der Waals surface area contributed by atoms with Gasteiger partial charge < -0.3 is 15.2 Å². The lowest BCUT2D eigenvalue weighted by Crippen LogP contribution is -1.94. The summed E-state index contributed by atoms with van der Waals surface area (Å²) in [4.78, 5) is 4.01. The van der Waals surface area contributed by atoms with Crippen LogP contribution in [0.3, 0.4) is 0 Å². The number of anilines is 1. The predicted molar refractivity (Wildman–Crippen MR) is 66.4 cm³/mol. The van der Waals surface area contributed by atoms with E-state index in [2.05, 4.69) is 4.98 Å². The minimum Gasteiger partial charge on any atom is -0.493 e. The van der Waals surface area contributed by atoms with Crippen molar-refractivity contribution in [3.63, 3.8) is 0 Å². The lowest BCUT2D eigenvalue weighted by molar-refractivity contribution is 0.374. The molecule has 2 aromatic rings. The number of hydrogen-bond acceptors (Lipinski definition) is 5. The van der Waals surface area contributed by atoms with Crippen LogP contribution in [0.5, 0.6) is 17.4 Å². The number of aromatic nitrogens is 1. The summed E-state index contributed by atoms with van der Waals surface area (Å²) in [5.74, 6) is 1.33. The largest absolute Gasteiger partial charge is 0.493 e. The number of pyridine rings is 1. The van der Waals surface area contributed by atoms with E-state index in [1.807, 2.05) is 6.07 Å². The Morgan fingerprint density at radius 2 is 2.06 bits per heavy atom. The van der Waals surface area contributed by atoms with Crippen molar-refractivity contribution in [2.75, 3.05) is 12.8 Å². The normalized spacial score (nSPS) is 9.56. The van der Waals surface area contributed by atoms with Gasteiger partial charge in [-0.2, -0.15) is 5.26 Å². The molecule has 0 aliphatic heterocycles. The number of nitrogen functional groups attached to an aromatic ring is 1. The van der Waals surface area contributed by atoms with E-state index in [1.54, 1.807) is 36.4 Å². The molecule has 0 amide bonds. The van der Waals surface area contributed by atoms with Crippen molar-refractivity contribution >= 4 is 5.69 Å². The molecule has 1 heterocycles. The number of methoxy groups -OCH3 is 1. The van der Waals surface area contributed by atoms with Crippen molar-refractivity contribution in [1.29, 1.82) is 5.26 Å². The maximum atomic E-state index is 8.76. The molecule has 0 bridgehead atoms. The zero-order valence-electron chi connectivity index (χ0n) is 9.75. The molecule has 0 fully saturated rings. The van der Waals surface area contributed by atoms with E-state index < -0.39 is 0 Å². The Hall–Kier alpha value is -2.74. The fourth-order valence-electron chi connectivity index (χ4n) is 1.42. The molecular formula is C13H11N3O2. The van der Waals surface area contributed by atoms with Crippen LogP contribution in [0, 0.1) is 11.3 Å². The van der Waals surface area contributed by atoms with Gasteiger partial charge in [0.2, 0.25) is 5.88 Å². The van der Waals surface area contributed by atoms with Gasteiger partial charge in [-0.15, -0.1) is 0 Å². The van der Waals surface area contributed by atoms with Crippen molar-refractivity contribution in [3.05, 3.63) is 42.1 Å². The van der Waals surface area contributed by atoms with Crippen LogP contribution in [0.25, 0.3) is 0 Å². The Kier molecular flexibility index (Phi) is 3.30. The number of rotatable bonds is 3. The van der Waals surface area contributed by atoms with Crippen molar-refractivity contribution < 1.29 is 9.47 Å². The Morgan fingerprint density at radius 1 is 1.22 bits per heavy atom. The topological polar surface area (TPSA) is 81.2 Å². The Morgan fingerprint density at radius 3 is 2.78 bits per heavy atom. The van der Waals surface area contributed by atoms with Crippen LogP contribution in [0.2, 0.25) is 0 Å². The summed E-state index contributed by atoms with van der Waals surface area (Å²) >= 11 is 0. The fraction of sp³-hybridized carbons (Fsp3) is 0.0769. The third-order valence-corrected chi connectivity index (χ3v) is 2.24. The minimum atomic E-state index is 0.287. The van der Waals surface area contributed by atoms with Gasteiger partial charge in [0, 0.05) is 17.8 Å². The summed E-state index contributed by atoms with van der Waals surface area (Å²) in [7, 11) is 1.54. The van der Waals surface area contributed by atoms with Crippen molar-refractivity contribution in [3.8, 4) is 23.4 Å². The third-order valence-electron chi connectivity index (χ3n) is 2.24. The molecule has 0 aliphatic rings. The van der Waals surface area contributed by atoms with Gasteiger partial charge in [-0.3, -0.25) is 0 Å². The zero-order valence-corrected chi connectivity index (χ0v) is 9.75. The molecule has 90 valence electrons. The van der Waals surface area contributed by atoms with Crippen LogP contribution < -0.4 is 15.2 Å². The molecule has 0 spiro atoms. The van der Waals surface area contributed by atoms with Crippen LogP contribution in [-0.4, -0.2) is 12.1 Å². The van der Waals surface area contributed by atoms with Gasteiger partial charge in [-0.05, 0) is 18.2 Å². The molecule has 1 aromatic carbocycles. The van der Waals surface area contributed by atoms with Crippen LogP contribution in [-0.2, 0) is 0 Å². The van der Waals surface area contributed by atoms with E-state index in [4.69, 9.17) is 20.5 Å². The number of nitriles is 1. The van der Waals surface area contributed by atoms with Gasteiger partial charge in [0.15, 0.2) is 11.5 Å². The van der Waals surface area contributed by atoms with Crippen molar-refractivity contribution in [2.45, 2.75) is 0 Å². The molecule has 0 radical (unpaired) electrons. The number of nitrogens with two attached hydrogens (primary N) is 1. The smallest absolute Gasteiger partial charge is 0.220 e. The summed E-state index contributed by atoms with van der Waals surface area (Å²) in [5.41, 5.74) is 6.53. The van der Waals surface area contributed by atoms with Gasteiger partial charge in [0.05, 0.1) is 7.11 Å². The summed E-state index contributed by atoms with van der Waals surface area (Å²) in [5, 5.41) is 8.76. The number of hydrogen-bond donors (Lipinski definition) is 1. The number of nitrogens with zero attached hydrogens (tertiary/aromatic N) is 2. The number of benzene rings is 1. The molecule has 5 heteroatoms. The average molecular weight is 241 g/mol. The second-order valence-corrected chi connectivity index (χ2v) is 3.49. The summed E-state index contributed by atoms with van der Waals surface area (Å²) in [6.07, 6.45) is 0. The van der Waals surface area contributed by atoms with E-state index in [0.717, 1.165) is 0 Å². The predicted octanol–water partition coefficient (Wildman–Crippen LogP) is 2.34. The molecule has 5 nitrogen and oxygen atoms in total. The van der Waals surface area contributed by atoms with E-state index in [-0.39, 0.29) is 5.69 Å². The maximum Gasteiger partial charge on any atom is 0.220 e. The first-order valence-electron chi connectivity index (χ1n) is 5.21. The van der Waals surface area contributed by atoms with Crippen molar-refractivity contribution in [2.24, 2.45) is 0 Å². The molecule has 2 N–H and O–H groups in total. The summed E-state index contributed by atoms with van der Waals surface area (Å²) < 4.78 is 10.7. The molecule has 0 saturated heterocycles. The first-order valence-corrected chi connectivity index (χ1v) is 5.21. The van der Waals surface area contributed by atoms with Crippen LogP contribution in [0.4, 0.5) is 5.69 Å². The monoisotopic (exact) mass is 241 g/mol. The first-order chi connectivity index (χ1) is 8.72. The Bertz CT molecular complexity index is 605. The van der Waals surface area contributed by atoms with E-state index in [1.165, 1.54) is 7.11 Å². The Balaban J connectivity index is 2.33. The fourth-order valence-corrected chi connectivity index (χ4v) is 1.42. The SMILES string of the molecule is COc1ccc(N)cc1Oc1cccc(C#N)n1. The molecule has 0 atom stereocenters.